The van der Waals surface area contributed by atoms with Gasteiger partial charge in [0.1, 0.15) is 4.21 Å². The number of amides is 2. The summed E-state index contributed by atoms with van der Waals surface area (Å²) in [6.07, 6.45) is 4.68. The molecule has 1 unspecified atom stereocenters. The molecule has 0 spiro atoms. The number of thiophene rings is 1. The summed E-state index contributed by atoms with van der Waals surface area (Å²) >= 11 is 6.97. The van der Waals surface area contributed by atoms with E-state index in [-0.39, 0.29) is 22.6 Å². The van der Waals surface area contributed by atoms with Gasteiger partial charge in [0, 0.05) is 54.7 Å². The van der Waals surface area contributed by atoms with Crippen LogP contribution in [-0.4, -0.2) is 76.2 Å². The van der Waals surface area contributed by atoms with E-state index in [1.165, 1.54) is 20.9 Å². The number of anilines is 2. The average Bonchev–Trinajstić information content (AvgIpc) is 3.55. The molecule has 6 rings (SSSR count). The third-order valence-corrected chi connectivity index (χ3v) is 13.6. The number of carbonyl (C=O) groups is 2. The predicted molar refractivity (Wildman–Crippen MR) is 169 cm³/mol. The van der Waals surface area contributed by atoms with Crippen LogP contribution in [0.2, 0.25) is 4.34 Å². The van der Waals surface area contributed by atoms with Crippen LogP contribution in [0.25, 0.3) is 10.8 Å². The van der Waals surface area contributed by atoms with Gasteiger partial charge in [-0.05, 0) is 68.4 Å². The standard InChI is InChI=1S/C29H33ClN4O6S3/c1-42(37,38)32-15-11-19(12-16-32)13-17-34-24-8-7-23(21-5-2-6-22(27(21)24)29(34)36)31-28(35)20-4-3-14-33(18-20)43(39,40)26-10-9-25(30)41-26/h2,5-10,19-20H,3-4,11-18H2,1H3,(H,31,35). The van der Waals surface area contributed by atoms with Gasteiger partial charge >= 0.3 is 0 Å². The maximum Gasteiger partial charge on any atom is 0.258 e. The Hall–Kier alpha value is -2.55. The van der Waals surface area contributed by atoms with E-state index >= 15 is 0 Å². The first-order valence-electron chi connectivity index (χ1n) is 14.3. The summed E-state index contributed by atoms with van der Waals surface area (Å²) in [6.45, 7) is 1.96. The number of hydrogen-bond acceptors (Lipinski definition) is 7. The van der Waals surface area contributed by atoms with Gasteiger partial charge in [-0.1, -0.05) is 23.7 Å². The first-order valence-corrected chi connectivity index (χ1v) is 18.8. The Morgan fingerprint density at radius 2 is 1.77 bits per heavy atom. The summed E-state index contributed by atoms with van der Waals surface area (Å²) in [5.41, 5.74) is 1.96. The molecule has 0 radical (unpaired) electrons. The van der Waals surface area contributed by atoms with Gasteiger partial charge in [-0.25, -0.2) is 21.1 Å². The molecule has 0 saturated carbocycles. The first-order chi connectivity index (χ1) is 20.4. The zero-order chi connectivity index (χ0) is 30.5. The molecule has 3 aliphatic rings. The molecule has 2 fully saturated rings. The number of piperidine rings is 2. The Kier molecular flexibility index (Phi) is 8.33. The lowest BCUT2D eigenvalue weighted by Gasteiger charge is -2.31. The summed E-state index contributed by atoms with van der Waals surface area (Å²) in [5, 5.41) is 4.57. The van der Waals surface area contributed by atoms with Crippen LogP contribution in [0.1, 0.15) is 42.5 Å². The summed E-state index contributed by atoms with van der Waals surface area (Å²) < 4.78 is 53.4. The predicted octanol–water partition coefficient (Wildman–Crippen LogP) is 4.62. The molecule has 1 atom stereocenters. The molecule has 0 bridgehead atoms. The number of carbonyl (C=O) groups excluding carboxylic acids is 2. The van der Waals surface area contributed by atoms with Crippen LogP contribution in [0.5, 0.6) is 0 Å². The quantitative estimate of drug-likeness (QED) is 0.375. The second-order valence-electron chi connectivity index (χ2n) is 11.5. The highest BCUT2D eigenvalue weighted by atomic mass is 35.5. The van der Waals surface area contributed by atoms with Crippen molar-refractivity contribution in [2.75, 3.05) is 49.2 Å². The molecule has 1 aromatic heterocycles. The maximum absolute atomic E-state index is 13.4. The highest BCUT2D eigenvalue weighted by Gasteiger charge is 2.36. The Labute approximate surface area is 260 Å². The van der Waals surface area contributed by atoms with Crippen molar-refractivity contribution in [3.8, 4) is 0 Å². The van der Waals surface area contributed by atoms with Crippen molar-refractivity contribution in [1.82, 2.24) is 8.61 Å². The zero-order valence-electron chi connectivity index (χ0n) is 23.7. The second kappa shape index (κ2) is 11.8. The van der Waals surface area contributed by atoms with Crippen LogP contribution >= 0.6 is 22.9 Å². The number of sulfonamides is 2. The molecule has 10 nitrogen and oxygen atoms in total. The van der Waals surface area contributed by atoms with E-state index in [0.717, 1.165) is 47.1 Å². The SMILES string of the molecule is CS(=O)(=O)N1CCC(CCN2C(=O)c3cccc4c(NC(=O)C5CCCN(S(=O)(=O)c6ccc(Cl)s6)C5)ccc2c34)CC1. The molecule has 2 saturated heterocycles. The molecular formula is C29H33ClN4O6S3. The van der Waals surface area contributed by atoms with Gasteiger partial charge in [0.05, 0.1) is 22.2 Å². The van der Waals surface area contributed by atoms with E-state index in [4.69, 9.17) is 11.6 Å². The van der Waals surface area contributed by atoms with Crippen LogP contribution < -0.4 is 10.2 Å². The molecule has 2 aromatic carbocycles. The third-order valence-electron chi connectivity index (χ3n) is 8.74. The van der Waals surface area contributed by atoms with Gasteiger partial charge in [-0.2, -0.15) is 4.31 Å². The van der Waals surface area contributed by atoms with Crippen LogP contribution in [-0.2, 0) is 24.8 Å². The minimum absolute atomic E-state index is 0.0837. The smallest absolute Gasteiger partial charge is 0.258 e. The molecule has 43 heavy (non-hydrogen) atoms. The monoisotopic (exact) mass is 664 g/mol. The van der Waals surface area contributed by atoms with Crippen molar-refractivity contribution in [3.63, 3.8) is 0 Å². The topological polar surface area (TPSA) is 124 Å². The summed E-state index contributed by atoms with van der Waals surface area (Å²) in [7, 11) is -6.92. The normalized spacial score (nSPS) is 20.7. The van der Waals surface area contributed by atoms with Crippen molar-refractivity contribution >= 4 is 76.9 Å². The fraction of sp³-hybridized carbons (Fsp3) is 0.448. The Morgan fingerprint density at radius 3 is 2.47 bits per heavy atom. The summed E-state index contributed by atoms with van der Waals surface area (Å²) in [4.78, 5) is 28.7. The van der Waals surface area contributed by atoms with E-state index in [2.05, 4.69) is 5.32 Å². The number of benzene rings is 2. The fourth-order valence-corrected chi connectivity index (χ4v) is 10.4. The second-order valence-corrected chi connectivity index (χ2v) is 17.3. The number of halogens is 1. The van der Waals surface area contributed by atoms with Gasteiger partial charge in [0.2, 0.25) is 15.9 Å². The number of rotatable bonds is 8. The van der Waals surface area contributed by atoms with E-state index < -0.39 is 26.0 Å². The van der Waals surface area contributed by atoms with Crippen molar-refractivity contribution in [3.05, 3.63) is 52.4 Å². The van der Waals surface area contributed by atoms with E-state index in [0.29, 0.717) is 60.5 Å². The largest absolute Gasteiger partial charge is 0.325 e. The number of nitrogens with zero attached hydrogens (tertiary/aromatic N) is 3. The first kappa shape index (κ1) is 30.5. The average molecular weight is 665 g/mol. The highest BCUT2D eigenvalue weighted by Crippen LogP contribution is 2.41. The van der Waals surface area contributed by atoms with Crippen molar-refractivity contribution < 1.29 is 26.4 Å². The maximum atomic E-state index is 13.4. The molecule has 2 amide bonds. The highest BCUT2D eigenvalue weighted by molar-refractivity contribution is 7.91. The van der Waals surface area contributed by atoms with Crippen LogP contribution in [0.4, 0.5) is 11.4 Å². The van der Waals surface area contributed by atoms with Gasteiger partial charge in [-0.15, -0.1) is 11.3 Å². The van der Waals surface area contributed by atoms with Gasteiger partial charge in [0.25, 0.3) is 15.9 Å². The van der Waals surface area contributed by atoms with Crippen molar-refractivity contribution in [2.45, 2.75) is 36.3 Å². The molecule has 1 N–H and O–H groups in total. The van der Waals surface area contributed by atoms with Crippen LogP contribution in [0, 0.1) is 11.8 Å². The summed E-state index contributed by atoms with van der Waals surface area (Å²) in [6, 6.07) is 12.2. The third kappa shape index (κ3) is 5.95. The number of nitrogens with one attached hydrogen (secondary N) is 1. The van der Waals surface area contributed by atoms with Crippen LogP contribution in [0.3, 0.4) is 0 Å². The lowest BCUT2D eigenvalue weighted by atomic mass is 9.94. The van der Waals surface area contributed by atoms with Gasteiger partial charge in [-0.3, -0.25) is 9.59 Å². The van der Waals surface area contributed by atoms with E-state index in [1.807, 2.05) is 12.1 Å². The lowest BCUT2D eigenvalue weighted by Crippen LogP contribution is -2.43. The van der Waals surface area contributed by atoms with Crippen molar-refractivity contribution in [2.24, 2.45) is 11.8 Å². The van der Waals surface area contributed by atoms with E-state index in [1.54, 1.807) is 29.2 Å². The van der Waals surface area contributed by atoms with Crippen LogP contribution in [0.15, 0.2) is 46.7 Å². The van der Waals surface area contributed by atoms with Crippen molar-refractivity contribution in [1.29, 1.82) is 0 Å². The zero-order valence-corrected chi connectivity index (χ0v) is 26.9. The summed E-state index contributed by atoms with van der Waals surface area (Å²) in [5.74, 6) is -0.528. The number of hydrogen-bond donors (Lipinski definition) is 1. The molecular weight excluding hydrogens is 632 g/mol. The fourth-order valence-electron chi connectivity index (χ4n) is 6.39. The molecule has 3 aromatic rings. The molecule has 3 aliphatic heterocycles. The van der Waals surface area contributed by atoms with Gasteiger partial charge < -0.3 is 10.2 Å². The molecule has 4 heterocycles. The molecule has 230 valence electrons. The minimum Gasteiger partial charge on any atom is -0.325 e. The minimum atomic E-state index is -3.74. The molecule has 14 heteroatoms. The Morgan fingerprint density at radius 1 is 1.00 bits per heavy atom. The van der Waals surface area contributed by atoms with E-state index in [9.17, 15) is 26.4 Å². The lowest BCUT2D eigenvalue weighted by molar-refractivity contribution is -0.120. The molecule has 0 aliphatic carbocycles. The Balaban J connectivity index is 1.15. The van der Waals surface area contributed by atoms with Gasteiger partial charge in [0.15, 0.2) is 0 Å². The Bertz CT molecular complexity index is 1800.